The Morgan fingerprint density at radius 2 is 0.188 bits per heavy atom. The molecule has 10 nitrogen and oxygen atoms in total. The minimum absolute atomic E-state index is 0. The predicted molar refractivity (Wildman–Crippen MR) is 33.6 cm³/mol. The van der Waals surface area contributed by atoms with E-state index in [0.29, 0.717) is 0 Å². The van der Waals surface area contributed by atoms with Gasteiger partial charge in [0.1, 0.15) is 0 Å². The van der Waals surface area contributed by atoms with Crippen molar-refractivity contribution in [2.45, 2.75) is 0 Å². The van der Waals surface area contributed by atoms with Crippen LogP contribution in [0.15, 0.2) is 0 Å². The molecule has 0 aliphatic rings. The van der Waals surface area contributed by atoms with E-state index in [4.69, 9.17) is 0 Å². The molecule has 0 aliphatic carbocycles. The fourth-order valence-electron chi connectivity index (χ4n) is 0. The van der Waals surface area contributed by atoms with Crippen LogP contribution in [0.4, 0.5) is 0 Å². The average Bonchev–Trinajstić information content (AvgIpc) is 0. The van der Waals surface area contributed by atoms with Crippen molar-refractivity contribution < 1.29 is 128 Å². The summed E-state index contributed by atoms with van der Waals surface area (Å²) in [5.74, 6) is 0. The molecule has 80 valence electrons. The summed E-state index contributed by atoms with van der Waals surface area (Å²) in [5, 5.41) is 0. The Morgan fingerprint density at radius 3 is 0.188 bits per heavy atom. The maximum atomic E-state index is 0. The van der Waals surface area contributed by atoms with Gasteiger partial charge in [-0.3, -0.25) is 0 Å². The van der Waals surface area contributed by atoms with E-state index in [1.54, 1.807) is 0 Å². The van der Waals surface area contributed by atoms with E-state index in [1.807, 2.05) is 0 Å². The largest absolute Gasteiger partial charge is 6.00 e. The summed E-state index contributed by atoms with van der Waals surface area (Å²) in [6, 6.07) is 0. The van der Waals surface area contributed by atoms with E-state index in [-0.39, 0.29) is 190 Å². The van der Waals surface area contributed by atoms with E-state index in [2.05, 4.69) is 0 Å². The van der Waals surface area contributed by atoms with E-state index < -0.39 is 0 Å². The molecule has 0 spiro atoms. The molecule has 0 atom stereocenters. The first-order valence-electron chi connectivity index (χ1n) is 0. The SMILES string of the molecule is [N-3].[N-3].[N-3].[N-3].[N-3].[N-3].[N-3].[N-3].[N-3].[N-3].[Ti+4].[Ti+4].[Ti+4].[W+6].[W+6].[W+6]. The fourth-order valence-corrected chi connectivity index (χ4v) is 0. The van der Waals surface area contributed by atoms with E-state index in [1.165, 1.54) is 0 Å². The van der Waals surface area contributed by atoms with Crippen LogP contribution >= 0.6 is 0 Å². The summed E-state index contributed by atoms with van der Waals surface area (Å²) < 4.78 is 0. The maximum absolute atomic E-state index is 0. The number of hydrogen-bond donors (Lipinski definition) is 0. The van der Waals surface area contributed by atoms with Crippen molar-refractivity contribution in [2.75, 3.05) is 0 Å². The Hall–Kier alpha value is 3.81. The minimum atomic E-state index is 0. The smallest absolute Gasteiger partial charge is 3.00 e. The van der Waals surface area contributed by atoms with Gasteiger partial charge in [-0.25, -0.2) is 0 Å². The summed E-state index contributed by atoms with van der Waals surface area (Å²) in [6.45, 7) is 0. The third-order valence-corrected chi connectivity index (χ3v) is 0. The van der Waals surface area contributed by atoms with Gasteiger partial charge >= 0.3 is 128 Å². The second kappa shape index (κ2) is 411. The maximum Gasteiger partial charge on any atom is 6.00 e. The van der Waals surface area contributed by atoms with Crippen LogP contribution in [0.3, 0.4) is 0 Å². The molecule has 0 unspecified atom stereocenters. The molecule has 0 rings (SSSR count). The van der Waals surface area contributed by atoms with Crippen molar-refractivity contribution in [1.82, 2.24) is 0 Å². The van der Waals surface area contributed by atoms with Gasteiger partial charge in [0.15, 0.2) is 0 Å². The second-order valence-electron chi connectivity index (χ2n) is 0. The van der Waals surface area contributed by atoms with Crippen LogP contribution in [0.1, 0.15) is 0 Å². The monoisotopic (exact) mass is 836 g/mol. The van der Waals surface area contributed by atoms with Crippen molar-refractivity contribution in [3.8, 4) is 0 Å². The third kappa shape index (κ3) is 347. The molecule has 0 aromatic rings. The number of nitrogens with zero attached hydrogens (tertiary/aromatic N) is 10. The molecule has 0 N–H and O–H groups in total. The Balaban J connectivity index is 0. The van der Waals surface area contributed by atoms with Gasteiger partial charge in [0, 0.05) is 0 Å². The summed E-state index contributed by atoms with van der Waals surface area (Å²) in [5.41, 5.74) is 0. The second-order valence-corrected chi connectivity index (χ2v) is 0. The zero-order chi connectivity index (χ0) is 0. The average molecular weight is 835 g/mol. The molecule has 0 saturated heterocycles. The Bertz CT molecular complexity index is 21.3. The molecule has 0 amide bonds. The Kier molecular flexibility index (Phi) is 12400. The summed E-state index contributed by atoms with van der Waals surface area (Å²) >= 11 is 0. The van der Waals surface area contributed by atoms with Crippen LogP contribution in [0, 0.1) is 0 Å². The quantitative estimate of drug-likeness (QED) is 0.318. The molecule has 0 heterocycles. The van der Waals surface area contributed by atoms with E-state index in [9.17, 15) is 0 Å². The first-order chi connectivity index (χ1) is 0. The molecule has 0 aromatic heterocycles. The Morgan fingerprint density at radius 1 is 0.188 bits per heavy atom. The number of rotatable bonds is 0. The molecule has 0 fully saturated rings. The van der Waals surface area contributed by atoms with Crippen LogP contribution in [0.2, 0.25) is 0 Å². The predicted octanol–water partition coefficient (Wildman–Crippen LogP) is 2.87. The van der Waals surface area contributed by atoms with Crippen LogP contribution in [-0.4, -0.2) is 0 Å². The number of hydrogen-bond acceptors (Lipinski definition) is 0. The molecular formula is N10Ti3W3. The summed E-state index contributed by atoms with van der Waals surface area (Å²) in [7, 11) is 0. The molecule has 0 saturated carbocycles. The van der Waals surface area contributed by atoms with Crippen LogP contribution in [-0.2, 0) is 128 Å². The van der Waals surface area contributed by atoms with Gasteiger partial charge in [0.05, 0.1) is 0 Å². The van der Waals surface area contributed by atoms with Gasteiger partial charge in [0.25, 0.3) is 0 Å². The molecule has 0 aromatic carbocycles. The molecule has 16 heteroatoms. The first kappa shape index (κ1) is 483. The molecule has 16 heavy (non-hydrogen) atoms. The van der Waals surface area contributed by atoms with Gasteiger partial charge < -0.3 is 61.5 Å². The van der Waals surface area contributed by atoms with Gasteiger partial charge in [-0.05, 0) is 0 Å². The van der Waals surface area contributed by atoms with Crippen LogP contribution < -0.4 is 0 Å². The topological polar surface area (TPSA) is 305 Å². The van der Waals surface area contributed by atoms with Crippen molar-refractivity contribution in [3.63, 3.8) is 0 Å². The van der Waals surface area contributed by atoms with Gasteiger partial charge in [-0.2, -0.15) is 0 Å². The van der Waals surface area contributed by atoms with Crippen molar-refractivity contribution in [2.24, 2.45) is 0 Å². The van der Waals surface area contributed by atoms with Crippen LogP contribution in [0.25, 0.3) is 61.5 Å². The van der Waals surface area contributed by atoms with Crippen molar-refractivity contribution in [1.29, 1.82) is 0 Å². The van der Waals surface area contributed by atoms with Gasteiger partial charge in [-0.15, -0.1) is 0 Å². The molecule has 0 radical (unpaired) electrons. The first-order valence-corrected chi connectivity index (χ1v) is 0. The van der Waals surface area contributed by atoms with Crippen molar-refractivity contribution >= 4 is 0 Å². The zero-order valence-corrected chi connectivity index (χ0v) is 20.7. The zero-order valence-electron chi connectivity index (χ0n) is 7.20. The standard InChI is InChI=1S/10N.3Ti.3W/q10*-3;3*+4;3*+6. The van der Waals surface area contributed by atoms with Gasteiger partial charge in [-0.1, -0.05) is 0 Å². The molecule has 0 aliphatic heterocycles. The van der Waals surface area contributed by atoms with Crippen molar-refractivity contribution in [3.05, 3.63) is 61.5 Å². The van der Waals surface area contributed by atoms with E-state index >= 15 is 0 Å². The minimum Gasteiger partial charge on any atom is -3.00 e. The fraction of sp³-hybridized carbons (Fsp3) is 0. The summed E-state index contributed by atoms with van der Waals surface area (Å²) in [4.78, 5) is 0. The van der Waals surface area contributed by atoms with E-state index in [0.717, 1.165) is 0 Å². The van der Waals surface area contributed by atoms with Crippen LogP contribution in [0.5, 0.6) is 0 Å². The summed E-state index contributed by atoms with van der Waals surface area (Å²) in [6.07, 6.45) is 0. The normalized spacial score (nSPS) is 0. The Labute approximate surface area is 187 Å². The van der Waals surface area contributed by atoms with Gasteiger partial charge in [0.2, 0.25) is 0 Å². The third-order valence-electron chi connectivity index (χ3n) is 0. The molecular weight excluding hydrogens is 835 g/mol. The molecule has 0 bridgehead atoms.